The lowest BCUT2D eigenvalue weighted by atomic mass is 9.87. The van der Waals surface area contributed by atoms with E-state index in [0.29, 0.717) is 22.6 Å². The van der Waals surface area contributed by atoms with Gasteiger partial charge in [0.05, 0.1) is 18.0 Å². The van der Waals surface area contributed by atoms with Crippen LogP contribution in [0.4, 0.5) is 5.69 Å². The molecule has 29 heavy (non-hydrogen) atoms. The molecule has 1 amide bonds. The van der Waals surface area contributed by atoms with Gasteiger partial charge in [-0.1, -0.05) is 56.8 Å². The number of hydrogen-bond donors (Lipinski definition) is 1. The predicted molar refractivity (Wildman–Crippen MR) is 115 cm³/mol. The van der Waals surface area contributed by atoms with E-state index in [9.17, 15) is 4.79 Å². The van der Waals surface area contributed by atoms with Gasteiger partial charge in [-0.2, -0.15) is 0 Å². The van der Waals surface area contributed by atoms with Crippen LogP contribution in [-0.2, 0) is 10.2 Å². The molecule has 3 aromatic rings. The van der Waals surface area contributed by atoms with Crippen LogP contribution < -0.4 is 10.1 Å². The van der Waals surface area contributed by atoms with Crippen molar-refractivity contribution >= 4 is 23.4 Å². The van der Waals surface area contributed by atoms with E-state index < -0.39 is 5.25 Å². The lowest BCUT2D eigenvalue weighted by molar-refractivity contribution is -0.115. The number of nitrogens with one attached hydrogen (secondary N) is 1. The van der Waals surface area contributed by atoms with E-state index in [-0.39, 0.29) is 11.3 Å². The molecule has 0 radical (unpaired) electrons. The Hall–Kier alpha value is -2.80. The summed E-state index contributed by atoms with van der Waals surface area (Å²) in [6, 6.07) is 15.3. The number of ether oxygens (including phenoxy) is 1. The average molecular weight is 412 g/mol. The number of benzene rings is 2. The maximum absolute atomic E-state index is 12.5. The third-order valence-corrected chi connectivity index (χ3v) is 5.35. The van der Waals surface area contributed by atoms with Crippen molar-refractivity contribution < 1.29 is 13.9 Å². The topological polar surface area (TPSA) is 77.2 Å². The zero-order valence-electron chi connectivity index (χ0n) is 17.2. The number of thioether (sulfide) groups is 1. The van der Waals surface area contributed by atoms with Crippen LogP contribution in [-0.4, -0.2) is 28.5 Å². The number of aromatic nitrogens is 2. The lowest BCUT2D eigenvalue weighted by Crippen LogP contribution is -2.22. The molecule has 1 heterocycles. The summed E-state index contributed by atoms with van der Waals surface area (Å²) in [5, 5.41) is 11.0. The second-order valence-corrected chi connectivity index (χ2v) is 8.94. The standard InChI is InChI=1S/C22H25N3O3S/c1-14(19(26)23-17-8-6-7-9-18(17)27-5)29-21-25-24-20(28-21)15-10-12-16(13-11-15)22(2,3)4/h6-14H,1-5H3,(H,23,26)/t14-/m1/s1. The molecule has 0 aliphatic carbocycles. The Morgan fingerprint density at radius 3 is 2.45 bits per heavy atom. The van der Waals surface area contributed by atoms with Crippen LogP contribution in [0.25, 0.3) is 11.5 Å². The van der Waals surface area contributed by atoms with Gasteiger partial charge in [0.25, 0.3) is 5.22 Å². The molecule has 152 valence electrons. The number of carbonyl (C=O) groups excluding carboxylic acids is 1. The minimum absolute atomic E-state index is 0.0820. The Kier molecular flexibility index (Phi) is 6.27. The molecule has 0 aliphatic heterocycles. The van der Waals surface area contributed by atoms with Crippen molar-refractivity contribution in [3.8, 4) is 17.2 Å². The van der Waals surface area contributed by atoms with Crippen LogP contribution in [0.15, 0.2) is 58.2 Å². The van der Waals surface area contributed by atoms with E-state index in [2.05, 4.69) is 48.4 Å². The molecule has 0 unspecified atom stereocenters. The highest BCUT2D eigenvalue weighted by atomic mass is 32.2. The van der Waals surface area contributed by atoms with Gasteiger partial charge in [-0.25, -0.2) is 0 Å². The summed E-state index contributed by atoms with van der Waals surface area (Å²) in [5.74, 6) is 0.871. The van der Waals surface area contributed by atoms with Crippen LogP contribution in [0.2, 0.25) is 0 Å². The molecule has 1 atom stereocenters. The van der Waals surface area contributed by atoms with Crippen molar-refractivity contribution in [3.63, 3.8) is 0 Å². The molecule has 1 aromatic heterocycles. The van der Waals surface area contributed by atoms with E-state index in [1.54, 1.807) is 26.2 Å². The number of methoxy groups -OCH3 is 1. The summed E-state index contributed by atoms with van der Waals surface area (Å²) in [4.78, 5) is 12.5. The van der Waals surface area contributed by atoms with Gasteiger partial charge in [0.1, 0.15) is 5.75 Å². The highest BCUT2D eigenvalue weighted by Crippen LogP contribution is 2.30. The van der Waals surface area contributed by atoms with Crippen LogP contribution >= 0.6 is 11.8 Å². The fraction of sp³-hybridized carbons (Fsp3) is 0.318. The van der Waals surface area contributed by atoms with Crippen molar-refractivity contribution in [3.05, 3.63) is 54.1 Å². The van der Waals surface area contributed by atoms with Crippen molar-refractivity contribution in [2.24, 2.45) is 0 Å². The smallest absolute Gasteiger partial charge is 0.277 e. The quantitative estimate of drug-likeness (QED) is 0.565. The van der Waals surface area contributed by atoms with Gasteiger partial charge in [-0.05, 0) is 42.2 Å². The number of nitrogens with zero attached hydrogens (tertiary/aromatic N) is 2. The molecule has 1 N–H and O–H groups in total. The molecule has 3 rings (SSSR count). The first-order chi connectivity index (χ1) is 13.8. The second kappa shape index (κ2) is 8.69. The van der Waals surface area contributed by atoms with Gasteiger partial charge in [-0.15, -0.1) is 10.2 Å². The summed E-state index contributed by atoms with van der Waals surface area (Å²) in [6.45, 7) is 8.29. The van der Waals surface area contributed by atoms with Gasteiger partial charge in [-0.3, -0.25) is 4.79 Å². The first-order valence-electron chi connectivity index (χ1n) is 9.33. The average Bonchev–Trinajstić information content (AvgIpc) is 3.16. The molecule has 0 bridgehead atoms. The Balaban J connectivity index is 1.65. The van der Waals surface area contributed by atoms with E-state index in [0.717, 1.165) is 5.56 Å². The molecule has 0 saturated carbocycles. The third-order valence-electron chi connectivity index (χ3n) is 4.42. The summed E-state index contributed by atoms with van der Waals surface area (Å²) in [5.41, 5.74) is 2.79. The van der Waals surface area contributed by atoms with Crippen molar-refractivity contribution in [1.29, 1.82) is 0 Å². The Labute approximate surface area is 175 Å². The van der Waals surface area contributed by atoms with E-state index in [4.69, 9.17) is 9.15 Å². The van der Waals surface area contributed by atoms with Crippen LogP contribution in [0.3, 0.4) is 0 Å². The number of amides is 1. The Morgan fingerprint density at radius 2 is 1.79 bits per heavy atom. The SMILES string of the molecule is COc1ccccc1NC(=O)[C@@H](C)Sc1nnc(-c2ccc(C(C)(C)C)cc2)o1. The van der Waals surface area contributed by atoms with E-state index in [1.165, 1.54) is 17.3 Å². The fourth-order valence-corrected chi connectivity index (χ4v) is 3.36. The van der Waals surface area contributed by atoms with Crippen molar-refractivity contribution in [2.45, 2.75) is 43.6 Å². The highest BCUT2D eigenvalue weighted by molar-refractivity contribution is 8.00. The predicted octanol–water partition coefficient (Wildman–Crippen LogP) is 5.16. The molecular formula is C22H25N3O3S. The maximum Gasteiger partial charge on any atom is 0.277 e. The van der Waals surface area contributed by atoms with Gasteiger partial charge < -0.3 is 14.5 Å². The minimum atomic E-state index is -0.420. The van der Waals surface area contributed by atoms with E-state index >= 15 is 0 Å². The van der Waals surface area contributed by atoms with Gasteiger partial charge in [0, 0.05) is 5.56 Å². The Bertz CT molecular complexity index is 977. The fourth-order valence-electron chi connectivity index (χ4n) is 2.67. The number of rotatable bonds is 6. The summed E-state index contributed by atoms with van der Waals surface area (Å²) < 4.78 is 11.0. The molecule has 7 heteroatoms. The van der Waals surface area contributed by atoms with E-state index in [1.807, 2.05) is 24.3 Å². The zero-order chi connectivity index (χ0) is 21.0. The summed E-state index contributed by atoms with van der Waals surface area (Å²) in [7, 11) is 1.57. The van der Waals surface area contributed by atoms with Gasteiger partial charge >= 0.3 is 0 Å². The largest absolute Gasteiger partial charge is 0.495 e. The molecule has 0 aliphatic rings. The Morgan fingerprint density at radius 1 is 1.10 bits per heavy atom. The number of para-hydroxylation sites is 2. The third kappa shape index (κ3) is 5.17. The molecule has 2 aromatic carbocycles. The molecule has 6 nitrogen and oxygen atoms in total. The van der Waals surface area contributed by atoms with Gasteiger partial charge in [0.15, 0.2) is 0 Å². The van der Waals surface area contributed by atoms with Crippen LogP contribution in [0.1, 0.15) is 33.3 Å². The molecule has 0 fully saturated rings. The van der Waals surface area contributed by atoms with Crippen LogP contribution in [0.5, 0.6) is 5.75 Å². The molecule has 0 saturated heterocycles. The molecule has 0 spiro atoms. The number of anilines is 1. The maximum atomic E-state index is 12.5. The van der Waals surface area contributed by atoms with Crippen LogP contribution in [0, 0.1) is 0 Å². The lowest BCUT2D eigenvalue weighted by Gasteiger charge is -2.18. The minimum Gasteiger partial charge on any atom is -0.495 e. The number of hydrogen-bond acceptors (Lipinski definition) is 6. The first kappa shape index (κ1) is 20.9. The first-order valence-corrected chi connectivity index (χ1v) is 10.2. The molecular weight excluding hydrogens is 386 g/mol. The summed E-state index contributed by atoms with van der Waals surface area (Å²) >= 11 is 1.21. The van der Waals surface area contributed by atoms with Crippen molar-refractivity contribution in [2.75, 3.05) is 12.4 Å². The normalized spacial score (nSPS) is 12.4. The second-order valence-electron chi connectivity index (χ2n) is 7.65. The summed E-state index contributed by atoms with van der Waals surface area (Å²) in [6.07, 6.45) is 0. The van der Waals surface area contributed by atoms with Gasteiger partial charge in [0.2, 0.25) is 11.8 Å². The monoisotopic (exact) mass is 411 g/mol. The van der Waals surface area contributed by atoms with Crippen molar-refractivity contribution in [1.82, 2.24) is 10.2 Å². The number of carbonyl (C=O) groups is 1. The zero-order valence-corrected chi connectivity index (χ0v) is 18.0. The highest BCUT2D eigenvalue weighted by Gasteiger charge is 2.20.